The Morgan fingerprint density at radius 3 is 2.46 bits per heavy atom. The monoisotopic (exact) mass is 182 g/mol. The van der Waals surface area contributed by atoms with E-state index in [1.165, 1.54) is 32.4 Å². The van der Waals surface area contributed by atoms with Gasteiger partial charge in [0.2, 0.25) is 0 Å². The largest absolute Gasteiger partial charge is 0.317 e. The van der Waals surface area contributed by atoms with Crippen molar-refractivity contribution < 1.29 is 0 Å². The molecule has 2 nitrogen and oxygen atoms in total. The van der Waals surface area contributed by atoms with Gasteiger partial charge < -0.3 is 10.6 Å². The molecule has 0 aromatic rings. The molecule has 13 heavy (non-hydrogen) atoms. The van der Waals surface area contributed by atoms with Gasteiger partial charge in [0.25, 0.3) is 0 Å². The van der Waals surface area contributed by atoms with Crippen molar-refractivity contribution in [2.75, 3.05) is 13.1 Å². The van der Waals surface area contributed by atoms with Gasteiger partial charge >= 0.3 is 0 Å². The van der Waals surface area contributed by atoms with Crippen LogP contribution in [0.2, 0.25) is 0 Å². The van der Waals surface area contributed by atoms with Crippen LogP contribution in [-0.4, -0.2) is 25.2 Å². The molecule has 2 N–H and O–H groups in total. The minimum Gasteiger partial charge on any atom is -0.317 e. The van der Waals surface area contributed by atoms with Crippen molar-refractivity contribution in [3.63, 3.8) is 0 Å². The molecule has 0 radical (unpaired) electrons. The zero-order valence-corrected chi connectivity index (χ0v) is 8.84. The van der Waals surface area contributed by atoms with Gasteiger partial charge in [0.15, 0.2) is 0 Å². The second-order valence-electron chi connectivity index (χ2n) is 4.94. The molecule has 0 spiro atoms. The number of hydrogen-bond acceptors (Lipinski definition) is 2. The summed E-state index contributed by atoms with van der Waals surface area (Å²) in [5.74, 6) is 1.84. The van der Waals surface area contributed by atoms with Gasteiger partial charge in [0, 0.05) is 12.1 Å². The molecule has 2 atom stereocenters. The Morgan fingerprint density at radius 1 is 1.23 bits per heavy atom. The van der Waals surface area contributed by atoms with Crippen molar-refractivity contribution in [2.24, 2.45) is 11.8 Å². The van der Waals surface area contributed by atoms with E-state index < -0.39 is 0 Å². The Kier molecular flexibility index (Phi) is 2.89. The minimum atomic E-state index is 0.801. The zero-order valence-electron chi connectivity index (χ0n) is 8.84. The maximum Gasteiger partial charge on any atom is 0.0104 e. The van der Waals surface area contributed by atoms with E-state index in [0.717, 1.165) is 23.9 Å². The van der Waals surface area contributed by atoms with Crippen LogP contribution in [0.15, 0.2) is 0 Å². The summed E-state index contributed by atoms with van der Waals surface area (Å²) in [6, 6.07) is 1.65. The topological polar surface area (TPSA) is 24.1 Å². The minimum absolute atomic E-state index is 0.801. The molecular weight excluding hydrogens is 160 g/mol. The predicted molar refractivity (Wildman–Crippen MR) is 55.8 cm³/mol. The summed E-state index contributed by atoms with van der Waals surface area (Å²) in [6.07, 6.45) is 4.06. The number of hydrogen-bond donors (Lipinski definition) is 2. The van der Waals surface area contributed by atoms with Gasteiger partial charge in [0.1, 0.15) is 0 Å². The van der Waals surface area contributed by atoms with E-state index in [9.17, 15) is 0 Å². The molecule has 0 bridgehead atoms. The summed E-state index contributed by atoms with van der Waals surface area (Å²) >= 11 is 0. The second-order valence-corrected chi connectivity index (χ2v) is 4.94. The van der Waals surface area contributed by atoms with Gasteiger partial charge in [-0.2, -0.15) is 0 Å². The van der Waals surface area contributed by atoms with Crippen LogP contribution < -0.4 is 10.6 Å². The van der Waals surface area contributed by atoms with Crippen LogP contribution in [0.1, 0.15) is 33.1 Å². The van der Waals surface area contributed by atoms with E-state index in [-0.39, 0.29) is 0 Å². The van der Waals surface area contributed by atoms with Crippen LogP contribution in [0.4, 0.5) is 0 Å². The summed E-state index contributed by atoms with van der Waals surface area (Å²) < 4.78 is 0. The molecule has 1 heterocycles. The van der Waals surface area contributed by atoms with Gasteiger partial charge in [-0.1, -0.05) is 13.8 Å². The second kappa shape index (κ2) is 3.97. The van der Waals surface area contributed by atoms with Crippen LogP contribution in [-0.2, 0) is 0 Å². The van der Waals surface area contributed by atoms with E-state index in [4.69, 9.17) is 0 Å². The van der Waals surface area contributed by atoms with Gasteiger partial charge in [-0.3, -0.25) is 0 Å². The van der Waals surface area contributed by atoms with Gasteiger partial charge in [0.05, 0.1) is 0 Å². The molecule has 2 fully saturated rings. The highest BCUT2D eigenvalue weighted by atomic mass is 15.0. The molecule has 2 aliphatic rings. The highest BCUT2D eigenvalue weighted by Gasteiger charge is 2.40. The van der Waals surface area contributed by atoms with Crippen molar-refractivity contribution in [1.29, 1.82) is 0 Å². The van der Waals surface area contributed by atoms with Crippen molar-refractivity contribution in [3.8, 4) is 0 Å². The summed E-state index contributed by atoms with van der Waals surface area (Å²) in [7, 11) is 0. The average molecular weight is 182 g/mol. The molecule has 2 heteroatoms. The lowest BCUT2D eigenvalue weighted by Crippen LogP contribution is -2.41. The van der Waals surface area contributed by atoms with E-state index in [0.29, 0.717) is 0 Å². The Bertz CT molecular complexity index is 161. The fourth-order valence-electron chi connectivity index (χ4n) is 2.43. The van der Waals surface area contributed by atoms with E-state index >= 15 is 0 Å². The molecule has 2 unspecified atom stereocenters. The van der Waals surface area contributed by atoms with Crippen molar-refractivity contribution >= 4 is 0 Å². The smallest absolute Gasteiger partial charge is 0.0104 e. The maximum absolute atomic E-state index is 3.78. The quantitative estimate of drug-likeness (QED) is 0.689. The number of nitrogens with one attached hydrogen (secondary N) is 2. The Balaban J connectivity index is 1.68. The first-order chi connectivity index (χ1) is 6.27. The van der Waals surface area contributed by atoms with E-state index in [2.05, 4.69) is 24.5 Å². The molecule has 1 aliphatic heterocycles. The maximum atomic E-state index is 3.78. The number of rotatable bonds is 3. The molecule has 0 aromatic carbocycles. The third-order valence-corrected chi connectivity index (χ3v) is 3.49. The SMILES string of the molecule is CC(C)C1CC1NC1CCNCC1. The van der Waals surface area contributed by atoms with Crippen LogP contribution in [0, 0.1) is 11.8 Å². The van der Waals surface area contributed by atoms with Gasteiger partial charge in [-0.25, -0.2) is 0 Å². The van der Waals surface area contributed by atoms with Crippen molar-refractivity contribution in [3.05, 3.63) is 0 Å². The Labute approximate surface area is 81.5 Å². The highest BCUT2D eigenvalue weighted by molar-refractivity contribution is 4.96. The summed E-state index contributed by atoms with van der Waals surface area (Å²) in [6.45, 7) is 7.09. The molecule has 1 saturated heterocycles. The predicted octanol–water partition coefficient (Wildman–Crippen LogP) is 1.37. The normalized spacial score (nSPS) is 35.3. The summed E-state index contributed by atoms with van der Waals surface area (Å²) in [5.41, 5.74) is 0. The fourth-order valence-corrected chi connectivity index (χ4v) is 2.43. The van der Waals surface area contributed by atoms with Crippen molar-refractivity contribution in [1.82, 2.24) is 10.6 Å². The van der Waals surface area contributed by atoms with Crippen LogP contribution in [0.25, 0.3) is 0 Å². The molecular formula is C11H22N2. The third kappa shape index (κ3) is 2.44. The molecule has 1 aliphatic carbocycles. The van der Waals surface area contributed by atoms with Crippen molar-refractivity contribution in [2.45, 2.75) is 45.2 Å². The van der Waals surface area contributed by atoms with Crippen LogP contribution in [0.5, 0.6) is 0 Å². The first-order valence-electron chi connectivity index (χ1n) is 5.74. The standard InChI is InChI=1S/C11H22N2/c1-8(2)10-7-11(10)13-9-3-5-12-6-4-9/h8-13H,3-7H2,1-2H3. The zero-order chi connectivity index (χ0) is 9.26. The summed E-state index contributed by atoms with van der Waals surface area (Å²) in [5, 5.41) is 7.19. The highest BCUT2D eigenvalue weighted by Crippen LogP contribution is 2.37. The fraction of sp³-hybridized carbons (Fsp3) is 1.00. The molecule has 0 amide bonds. The first-order valence-corrected chi connectivity index (χ1v) is 5.74. The van der Waals surface area contributed by atoms with Crippen LogP contribution in [0.3, 0.4) is 0 Å². The Hall–Kier alpha value is -0.0800. The van der Waals surface area contributed by atoms with E-state index in [1.54, 1.807) is 0 Å². The summed E-state index contributed by atoms with van der Waals surface area (Å²) in [4.78, 5) is 0. The molecule has 1 saturated carbocycles. The first kappa shape index (κ1) is 9.47. The third-order valence-electron chi connectivity index (χ3n) is 3.49. The lowest BCUT2D eigenvalue weighted by molar-refractivity contribution is 0.370. The number of piperidine rings is 1. The Morgan fingerprint density at radius 2 is 1.92 bits per heavy atom. The van der Waals surface area contributed by atoms with Crippen LogP contribution >= 0.6 is 0 Å². The molecule has 76 valence electrons. The van der Waals surface area contributed by atoms with E-state index in [1.807, 2.05) is 0 Å². The van der Waals surface area contributed by atoms with Gasteiger partial charge in [-0.05, 0) is 44.2 Å². The van der Waals surface area contributed by atoms with Gasteiger partial charge in [-0.15, -0.1) is 0 Å². The molecule has 0 aromatic heterocycles. The molecule has 2 rings (SSSR count). The average Bonchev–Trinajstić information content (AvgIpc) is 2.86. The lowest BCUT2D eigenvalue weighted by Gasteiger charge is -2.24. The lowest BCUT2D eigenvalue weighted by atomic mass is 10.1.